The van der Waals surface area contributed by atoms with Gasteiger partial charge in [0.2, 0.25) is 5.91 Å². The lowest BCUT2D eigenvalue weighted by Crippen LogP contribution is -2.34. The monoisotopic (exact) mass is 191 g/mol. The highest BCUT2D eigenvalue weighted by Gasteiger charge is 2.13. The van der Waals surface area contributed by atoms with E-state index in [0.29, 0.717) is 18.3 Å². The molecule has 1 unspecified atom stereocenters. The van der Waals surface area contributed by atoms with Crippen molar-refractivity contribution in [2.45, 2.75) is 39.2 Å². The van der Waals surface area contributed by atoms with Crippen molar-refractivity contribution < 1.29 is 4.79 Å². The van der Waals surface area contributed by atoms with Gasteiger partial charge in [-0.2, -0.15) is 0 Å². The smallest absolute Gasteiger partial charge is 0.223 e. The van der Waals surface area contributed by atoms with Gasteiger partial charge in [0.05, 0.1) is 0 Å². The Hall–Kier alpha value is -0.240. The van der Waals surface area contributed by atoms with Gasteiger partial charge in [0.25, 0.3) is 0 Å². The molecule has 0 aliphatic heterocycles. The second kappa shape index (κ2) is 6.30. The van der Waals surface area contributed by atoms with Gasteiger partial charge in [-0.05, 0) is 13.3 Å². The van der Waals surface area contributed by atoms with Crippen molar-refractivity contribution in [1.82, 2.24) is 4.90 Å². The molecule has 0 aromatic rings. The minimum absolute atomic E-state index is 0.144. The van der Waals surface area contributed by atoms with Gasteiger partial charge >= 0.3 is 0 Å². The van der Waals surface area contributed by atoms with E-state index in [9.17, 15) is 4.79 Å². The minimum Gasteiger partial charge on any atom is -0.343 e. The summed E-state index contributed by atoms with van der Waals surface area (Å²) in [5.74, 6) is 0.563. The quantitative estimate of drug-likeness (QED) is 0.611. The SMILES string of the molecule is CCCC(C)N(C)C(=O)CCCl. The van der Waals surface area contributed by atoms with E-state index in [4.69, 9.17) is 11.6 Å². The number of carbonyl (C=O) groups excluding carboxylic acids is 1. The molecule has 0 bridgehead atoms. The summed E-state index contributed by atoms with van der Waals surface area (Å²) in [6, 6.07) is 0.339. The molecule has 0 heterocycles. The first-order valence-electron chi connectivity index (χ1n) is 4.45. The zero-order chi connectivity index (χ0) is 9.56. The largest absolute Gasteiger partial charge is 0.343 e. The fourth-order valence-electron chi connectivity index (χ4n) is 1.11. The Labute approximate surface area is 79.9 Å². The van der Waals surface area contributed by atoms with Crippen LogP contribution in [0.2, 0.25) is 0 Å². The predicted molar refractivity (Wildman–Crippen MR) is 52.5 cm³/mol. The maximum absolute atomic E-state index is 11.3. The average Bonchev–Trinajstić information content (AvgIpc) is 2.04. The molecular weight excluding hydrogens is 174 g/mol. The van der Waals surface area contributed by atoms with E-state index in [1.54, 1.807) is 4.90 Å². The van der Waals surface area contributed by atoms with Gasteiger partial charge in [0, 0.05) is 25.4 Å². The molecule has 1 amide bonds. The molecule has 0 aromatic heterocycles. The maximum Gasteiger partial charge on any atom is 0.223 e. The molecule has 0 spiro atoms. The zero-order valence-electron chi connectivity index (χ0n) is 8.14. The van der Waals surface area contributed by atoms with Crippen LogP contribution in [0.3, 0.4) is 0 Å². The molecule has 0 radical (unpaired) electrons. The molecule has 1 atom stereocenters. The number of carbonyl (C=O) groups is 1. The summed E-state index contributed by atoms with van der Waals surface area (Å²) in [6.07, 6.45) is 2.62. The van der Waals surface area contributed by atoms with Crippen LogP contribution in [0.4, 0.5) is 0 Å². The van der Waals surface area contributed by atoms with Crippen LogP contribution in [0.1, 0.15) is 33.1 Å². The van der Waals surface area contributed by atoms with Crippen molar-refractivity contribution in [1.29, 1.82) is 0 Å². The highest BCUT2D eigenvalue weighted by atomic mass is 35.5. The lowest BCUT2D eigenvalue weighted by atomic mass is 10.1. The van der Waals surface area contributed by atoms with Crippen molar-refractivity contribution in [3.05, 3.63) is 0 Å². The Balaban J connectivity index is 3.82. The first-order valence-corrected chi connectivity index (χ1v) is 4.98. The standard InChI is InChI=1S/C9H18ClNO/c1-4-5-8(2)11(3)9(12)6-7-10/h8H,4-7H2,1-3H3. The van der Waals surface area contributed by atoms with E-state index in [0.717, 1.165) is 12.8 Å². The summed E-state index contributed by atoms with van der Waals surface area (Å²) in [4.78, 5) is 13.1. The number of halogens is 1. The molecule has 0 rings (SSSR count). The molecule has 0 fully saturated rings. The fraction of sp³-hybridized carbons (Fsp3) is 0.889. The van der Waals surface area contributed by atoms with Gasteiger partial charge in [-0.1, -0.05) is 13.3 Å². The third-order valence-electron chi connectivity index (χ3n) is 2.07. The highest BCUT2D eigenvalue weighted by molar-refractivity contribution is 6.18. The average molecular weight is 192 g/mol. The van der Waals surface area contributed by atoms with Crippen LogP contribution >= 0.6 is 11.6 Å². The zero-order valence-corrected chi connectivity index (χ0v) is 8.90. The number of amides is 1. The van der Waals surface area contributed by atoms with Crippen molar-refractivity contribution >= 4 is 17.5 Å². The van der Waals surface area contributed by atoms with Gasteiger partial charge in [-0.25, -0.2) is 0 Å². The third kappa shape index (κ3) is 3.96. The molecular formula is C9H18ClNO. The first kappa shape index (κ1) is 11.8. The topological polar surface area (TPSA) is 20.3 Å². The highest BCUT2D eigenvalue weighted by Crippen LogP contribution is 2.05. The lowest BCUT2D eigenvalue weighted by molar-refractivity contribution is -0.131. The van der Waals surface area contributed by atoms with Crippen LogP contribution in [0.15, 0.2) is 0 Å². The Morgan fingerprint density at radius 1 is 1.58 bits per heavy atom. The predicted octanol–water partition coefficient (Wildman–Crippen LogP) is 2.26. The molecule has 12 heavy (non-hydrogen) atoms. The summed E-state index contributed by atoms with van der Waals surface area (Å²) < 4.78 is 0. The molecule has 2 nitrogen and oxygen atoms in total. The summed E-state index contributed by atoms with van der Waals surface area (Å²) in [5, 5.41) is 0. The van der Waals surface area contributed by atoms with Gasteiger partial charge in [0.15, 0.2) is 0 Å². The third-order valence-corrected chi connectivity index (χ3v) is 2.26. The summed E-state index contributed by atoms with van der Waals surface area (Å²) in [7, 11) is 1.84. The van der Waals surface area contributed by atoms with E-state index in [1.165, 1.54) is 0 Å². The maximum atomic E-state index is 11.3. The second-order valence-corrected chi connectivity index (χ2v) is 3.46. The van der Waals surface area contributed by atoms with E-state index in [1.807, 2.05) is 7.05 Å². The first-order chi connectivity index (χ1) is 5.63. The Kier molecular flexibility index (Phi) is 6.17. The van der Waals surface area contributed by atoms with E-state index in [2.05, 4.69) is 13.8 Å². The van der Waals surface area contributed by atoms with Crippen LogP contribution in [0.5, 0.6) is 0 Å². The van der Waals surface area contributed by atoms with Crippen molar-refractivity contribution in [3.8, 4) is 0 Å². The summed E-state index contributed by atoms with van der Waals surface area (Å²) in [6.45, 7) is 4.19. The minimum atomic E-state index is 0.144. The molecule has 0 aliphatic carbocycles. The van der Waals surface area contributed by atoms with E-state index in [-0.39, 0.29) is 5.91 Å². The Morgan fingerprint density at radius 2 is 2.17 bits per heavy atom. The van der Waals surface area contributed by atoms with Gasteiger partial charge < -0.3 is 4.90 Å². The van der Waals surface area contributed by atoms with Crippen LogP contribution in [0.25, 0.3) is 0 Å². The molecule has 0 saturated carbocycles. The van der Waals surface area contributed by atoms with Crippen molar-refractivity contribution in [3.63, 3.8) is 0 Å². The van der Waals surface area contributed by atoms with E-state index >= 15 is 0 Å². The molecule has 3 heteroatoms. The van der Waals surface area contributed by atoms with Crippen LogP contribution in [-0.4, -0.2) is 29.8 Å². The van der Waals surface area contributed by atoms with Crippen LogP contribution in [-0.2, 0) is 4.79 Å². The van der Waals surface area contributed by atoms with Crippen LogP contribution in [0, 0.1) is 0 Å². The van der Waals surface area contributed by atoms with Gasteiger partial charge in [0.1, 0.15) is 0 Å². The van der Waals surface area contributed by atoms with Crippen molar-refractivity contribution in [2.24, 2.45) is 0 Å². The lowest BCUT2D eigenvalue weighted by Gasteiger charge is -2.24. The fourth-order valence-corrected chi connectivity index (χ4v) is 1.28. The Bertz CT molecular complexity index is 138. The number of rotatable bonds is 5. The summed E-state index contributed by atoms with van der Waals surface area (Å²) in [5.41, 5.74) is 0. The number of nitrogens with zero attached hydrogens (tertiary/aromatic N) is 1. The summed E-state index contributed by atoms with van der Waals surface area (Å²) >= 11 is 5.47. The van der Waals surface area contributed by atoms with E-state index < -0.39 is 0 Å². The van der Waals surface area contributed by atoms with Crippen LogP contribution < -0.4 is 0 Å². The molecule has 0 aliphatic rings. The number of alkyl halides is 1. The molecule has 72 valence electrons. The molecule has 0 saturated heterocycles. The molecule has 0 N–H and O–H groups in total. The van der Waals surface area contributed by atoms with Gasteiger partial charge in [-0.3, -0.25) is 4.79 Å². The van der Waals surface area contributed by atoms with Gasteiger partial charge in [-0.15, -0.1) is 11.6 Å². The Morgan fingerprint density at radius 3 is 2.58 bits per heavy atom. The normalized spacial score (nSPS) is 12.7. The second-order valence-electron chi connectivity index (χ2n) is 3.08. The number of hydrogen-bond donors (Lipinski definition) is 0. The number of hydrogen-bond acceptors (Lipinski definition) is 1. The molecule has 0 aromatic carbocycles. The van der Waals surface area contributed by atoms with Crippen molar-refractivity contribution in [2.75, 3.05) is 12.9 Å².